The highest BCUT2D eigenvalue weighted by atomic mass is 19.4. The molecule has 2 N–H and O–H groups in total. The van der Waals surface area contributed by atoms with E-state index in [0.29, 0.717) is 0 Å². The zero-order valence-corrected chi connectivity index (χ0v) is 9.29. The highest BCUT2D eigenvalue weighted by molar-refractivity contribution is 5.83. The van der Waals surface area contributed by atoms with Gasteiger partial charge in [-0.3, -0.25) is 10.1 Å². The van der Waals surface area contributed by atoms with Gasteiger partial charge in [0, 0.05) is 0 Å². The normalized spacial score (nSPS) is 26.9. The van der Waals surface area contributed by atoms with Gasteiger partial charge in [-0.2, -0.15) is 13.2 Å². The summed E-state index contributed by atoms with van der Waals surface area (Å²) in [6.45, 7) is 0.0471. The van der Waals surface area contributed by atoms with Crippen molar-refractivity contribution in [3.63, 3.8) is 0 Å². The first-order valence-electron chi connectivity index (χ1n) is 4.93. The van der Waals surface area contributed by atoms with Gasteiger partial charge in [-0.25, -0.2) is 8.78 Å². The molecule has 0 aromatic heterocycles. The van der Waals surface area contributed by atoms with E-state index >= 15 is 0 Å². The first-order valence-corrected chi connectivity index (χ1v) is 4.93. The Kier molecular flexibility index (Phi) is 3.39. The summed E-state index contributed by atoms with van der Waals surface area (Å²) < 4.78 is 62.3. The van der Waals surface area contributed by atoms with Crippen molar-refractivity contribution in [1.29, 1.82) is 0 Å². The molecular formula is C9H13F5N2O. The SMILES string of the molecule is CC1(C)[C@@H](C(=O)NCC(F)(F)F)NCC1(F)F. The third-order valence-corrected chi connectivity index (χ3v) is 2.92. The minimum Gasteiger partial charge on any atom is -0.346 e. The Morgan fingerprint density at radius 2 is 1.94 bits per heavy atom. The maximum atomic E-state index is 13.3. The summed E-state index contributed by atoms with van der Waals surface area (Å²) in [6, 6.07) is -1.33. The van der Waals surface area contributed by atoms with Crippen LogP contribution in [-0.4, -0.2) is 37.1 Å². The Morgan fingerprint density at radius 3 is 2.29 bits per heavy atom. The van der Waals surface area contributed by atoms with Crippen LogP contribution in [-0.2, 0) is 4.79 Å². The Bertz CT molecular complexity index is 313. The lowest BCUT2D eigenvalue weighted by molar-refractivity contribution is -0.143. The Hall–Kier alpha value is -0.920. The molecule has 0 aromatic carbocycles. The zero-order valence-electron chi connectivity index (χ0n) is 9.29. The van der Waals surface area contributed by atoms with E-state index in [1.807, 2.05) is 0 Å². The van der Waals surface area contributed by atoms with Crippen LogP contribution in [0.1, 0.15) is 13.8 Å². The number of rotatable bonds is 2. The van der Waals surface area contributed by atoms with Crippen LogP contribution in [0.25, 0.3) is 0 Å². The molecule has 1 amide bonds. The van der Waals surface area contributed by atoms with Gasteiger partial charge in [0.15, 0.2) is 0 Å². The van der Waals surface area contributed by atoms with Crippen molar-refractivity contribution in [2.45, 2.75) is 32.0 Å². The molecule has 1 fully saturated rings. The molecule has 0 aliphatic carbocycles. The molecule has 0 spiro atoms. The molecule has 1 heterocycles. The number of alkyl halides is 5. The predicted octanol–water partition coefficient (Wildman–Crippen LogP) is 1.30. The van der Waals surface area contributed by atoms with Crippen molar-refractivity contribution in [2.24, 2.45) is 5.41 Å². The fourth-order valence-electron chi connectivity index (χ4n) is 1.63. The van der Waals surface area contributed by atoms with E-state index in [1.165, 1.54) is 0 Å². The van der Waals surface area contributed by atoms with Crippen LogP contribution >= 0.6 is 0 Å². The highest BCUT2D eigenvalue weighted by Gasteiger charge is 2.59. The average Bonchev–Trinajstić information content (AvgIpc) is 2.32. The lowest BCUT2D eigenvalue weighted by atomic mass is 9.81. The monoisotopic (exact) mass is 260 g/mol. The topological polar surface area (TPSA) is 41.1 Å². The highest BCUT2D eigenvalue weighted by Crippen LogP contribution is 2.43. The lowest BCUT2D eigenvalue weighted by Gasteiger charge is -2.30. The van der Waals surface area contributed by atoms with Gasteiger partial charge in [-0.1, -0.05) is 13.8 Å². The molecule has 0 saturated carbocycles. The molecule has 8 heteroatoms. The zero-order chi connectivity index (χ0) is 13.5. The van der Waals surface area contributed by atoms with E-state index in [2.05, 4.69) is 5.32 Å². The van der Waals surface area contributed by atoms with E-state index in [4.69, 9.17) is 0 Å². The molecule has 1 aliphatic rings. The summed E-state index contributed by atoms with van der Waals surface area (Å²) >= 11 is 0. The molecule has 0 aromatic rings. The van der Waals surface area contributed by atoms with Crippen LogP contribution < -0.4 is 10.6 Å². The molecular weight excluding hydrogens is 247 g/mol. The number of carbonyl (C=O) groups is 1. The van der Waals surface area contributed by atoms with Crippen molar-refractivity contribution in [3.8, 4) is 0 Å². The van der Waals surface area contributed by atoms with E-state index in [-0.39, 0.29) is 0 Å². The standard InChI is InChI=1S/C9H13F5N2O/c1-7(2)5(15-3-8(7,10)11)6(17)16-4-9(12,13)14/h5,15H,3-4H2,1-2H3,(H,16,17)/t5-/m1/s1. The summed E-state index contributed by atoms with van der Waals surface area (Å²) in [5.74, 6) is -4.20. The van der Waals surface area contributed by atoms with Crippen LogP contribution in [0.5, 0.6) is 0 Å². The van der Waals surface area contributed by atoms with Crippen LogP contribution in [0, 0.1) is 5.41 Å². The number of hydrogen-bond acceptors (Lipinski definition) is 2. The van der Waals surface area contributed by atoms with E-state index < -0.39 is 42.6 Å². The largest absolute Gasteiger partial charge is 0.405 e. The summed E-state index contributed by atoms with van der Waals surface area (Å²) in [4.78, 5) is 11.4. The molecule has 1 atom stereocenters. The summed E-state index contributed by atoms with van der Waals surface area (Å²) in [6.07, 6.45) is -4.55. The van der Waals surface area contributed by atoms with Gasteiger partial charge >= 0.3 is 6.18 Å². The maximum Gasteiger partial charge on any atom is 0.405 e. The molecule has 0 bridgehead atoms. The van der Waals surface area contributed by atoms with Crippen molar-refractivity contribution in [3.05, 3.63) is 0 Å². The minimum atomic E-state index is -4.55. The molecule has 100 valence electrons. The van der Waals surface area contributed by atoms with Gasteiger partial charge < -0.3 is 5.32 Å². The summed E-state index contributed by atoms with van der Waals surface area (Å²) in [7, 11) is 0. The molecule has 1 saturated heterocycles. The molecule has 1 rings (SSSR count). The average molecular weight is 260 g/mol. The van der Waals surface area contributed by atoms with Crippen molar-refractivity contribution >= 4 is 5.91 Å². The molecule has 3 nitrogen and oxygen atoms in total. The van der Waals surface area contributed by atoms with Gasteiger partial charge in [0.25, 0.3) is 5.92 Å². The first kappa shape index (κ1) is 14.1. The molecule has 0 radical (unpaired) electrons. The third-order valence-electron chi connectivity index (χ3n) is 2.92. The summed E-state index contributed by atoms with van der Waals surface area (Å²) in [5, 5.41) is 3.84. The molecule has 0 unspecified atom stereocenters. The maximum absolute atomic E-state index is 13.3. The third kappa shape index (κ3) is 2.85. The minimum absolute atomic E-state index is 0.718. The number of carbonyl (C=O) groups excluding carboxylic acids is 1. The van der Waals surface area contributed by atoms with E-state index in [9.17, 15) is 26.7 Å². The molecule has 17 heavy (non-hydrogen) atoms. The lowest BCUT2D eigenvalue weighted by Crippen LogP contribution is -2.51. The number of hydrogen-bond donors (Lipinski definition) is 2. The van der Waals surface area contributed by atoms with Gasteiger partial charge in [-0.15, -0.1) is 0 Å². The van der Waals surface area contributed by atoms with Gasteiger partial charge in [0.1, 0.15) is 6.54 Å². The number of amides is 1. The van der Waals surface area contributed by atoms with Gasteiger partial charge in [0.2, 0.25) is 5.91 Å². The predicted molar refractivity (Wildman–Crippen MR) is 49.6 cm³/mol. The first-order chi connectivity index (χ1) is 7.47. The Morgan fingerprint density at radius 1 is 1.41 bits per heavy atom. The van der Waals surface area contributed by atoms with E-state index in [0.717, 1.165) is 13.8 Å². The van der Waals surface area contributed by atoms with Crippen LogP contribution in [0.15, 0.2) is 0 Å². The molecule has 1 aliphatic heterocycles. The van der Waals surface area contributed by atoms with E-state index in [1.54, 1.807) is 5.32 Å². The quantitative estimate of drug-likeness (QED) is 0.735. The van der Waals surface area contributed by atoms with Crippen molar-refractivity contribution in [2.75, 3.05) is 13.1 Å². The van der Waals surface area contributed by atoms with Crippen LogP contribution in [0.4, 0.5) is 22.0 Å². The summed E-state index contributed by atoms with van der Waals surface area (Å²) in [5.41, 5.74) is -1.72. The van der Waals surface area contributed by atoms with Gasteiger partial charge in [-0.05, 0) is 0 Å². The second-order valence-electron chi connectivity index (χ2n) is 4.57. The smallest absolute Gasteiger partial charge is 0.346 e. The van der Waals surface area contributed by atoms with Crippen molar-refractivity contribution < 1.29 is 26.7 Å². The fraction of sp³-hybridized carbons (Fsp3) is 0.889. The Balaban J connectivity index is 2.66. The van der Waals surface area contributed by atoms with Crippen molar-refractivity contribution in [1.82, 2.24) is 10.6 Å². The fourth-order valence-corrected chi connectivity index (χ4v) is 1.63. The second-order valence-corrected chi connectivity index (χ2v) is 4.57. The number of nitrogens with one attached hydrogen (secondary N) is 2. The van der Waals surface area contributed by atoms with Crippen LogP contribution in [0.3, 0.4) is 0 Å². The number of halogens is 5. The van der Waals surface area contributed by atoms with Gasteiger partial charge in [0.05, 0.1) is 18.0 Å². The van der Waals surface area contributed by atoms with Crippen LogP contribution in [0.2, 0.25) is 0 Å². The Labute approximate surface area is 94.7 Å². The second kappa shape index (κ2) is 4.08.